The lowest BCUT2D eigenvalue weighted by Crippen LogP contribution is -2.25. The van der Waals surface area contributed by atoms with Crippen molar-refractivity contribution >= 4 is 11.6 Å². The highest BCUT2D eigenvalue weighted by molar-refractivity contribution is 5.97. The molecule has 1 fully saturated rings. The second kappa shape index (κ2) is 5.28. The summed E-state index contributed by atoms with van der Waals surface area (Å²) in [6, 6.07) is 4.14. The molecule has 1 aliphatic heterocycles. The van der Waals surface area contributed by atoms with Crippen molar-refractivity contribution < 1.29 is 4.79 Å². The molecule has 0 bridgehead atoms. The van der Waals surface area contributed by atoms with E-state index in [1.807, 2.05) is 38.1 Å². The predicted molar refractivity (Wildman–Crippen MR) is 83.3 cm³/mol. The van der Waals surface area contributed by atoms with Gasteiger partial charge in [0.1, 0.15) is 0 Å². The first-order valence-electron chi connectivity index (χ1n) is 7.27. The van der Waals surface area contributed by atoms with Gasteiger partial charge in [0.05, 0.1) is 0 Å². The zero-order chi connectivity index (χ0) is 15.0. The minimum absolute atomic E-state index is 0.223. The molecule has 0 aliphatic carbocycles. The Bertz CT molecular complexity index is 669. The van der Waals surface area contributed by atoms with E-state index in [2.05, 4.69) is 22.1 Å². The number of nitrogens with zero attached hydrogens (tertiary/aromatic N) is 3. The molecule has 0 saturated carbocycles. The van der Waals surface area contributed by atoms with Crippen LogP contribution in [0.3, 0.4) is 0 Å². The number of aryl methyl sites for hydroxylation is 3. The first-order chi connectivity index (χ1) is 10.1. The summed E-state index contributed by atoms with van der Waals surface area (Å²) in [7, 11) is 0. The summed E-state index contributed by atoms with van der Waals surface area (Å²) in [6.07, 6.45) is 5.25. The van der Waals surface area contributed by atoms with Crippen LogP contribution in [0.2, 0.25) is 0 Å². The van der Waals surface area contributed by atoms with E-state index in [0.29, 0.717) is 6.42 Å². The molecule has 1 aliphatic rings. The molecule has 108 valence electrons. The van der Waals surface area contributed by atoms with Gasteiger partial charge >= 0.3 is 0 Å². The highest BCUT2D eigenvalue weighted by Crippen LogP contribution is 2.32. The third kappa shape index (κ3) is 2.53. The maximum atomic E-state index is 12.0. The molecule has 0 unspecified atom stereocenters. The first-order valence-corrected chi connectivity index (χ1v) is 7.27. The molecule has 1 amide bonds. The standard InChI is InChI=1S/C17H19N3O/c1-11-9-18-17(19-10-11)14-7-12(2)16(13(3)8-14)20-6-4-5-15(20)21/h7-10H,4-6H2,1-3H3. The van der Waals surface area contributed by atoms with Crippen LogP contribution in [0.25, 0.3) is 11.4 Å². The summed E-state index contributed by atoms with van der Waals surface area (Å²) in [5.41, 5.74) is 5.30. The van der Waals surface area contributed by atoms with Gasteiger partial charge in [-0.25, -0.2) is 9.97 Å². The van der Waals surface area contributed by atoms with Crippen molar-refractivity contribution in [2.45, 2.75) is 33.6 Å². The van der Waals surface area contributed by atoms with E-state index in [0.717, 1.165) is 46.7 Å². The van der Waals surface area contributed by atoms with Gasteiger partial charge in [-0.05, 0) is 56.0 Å². The number of carbonyl (C=O) groups excluding carboxylic acids is 1. The normalized spacial score (nSPS) is 14.8. The molecular weight excluding hydrogens is 262 g/mol. The van der Waals surface area contributed by atoms with Gasteiger partial charge in [0, 0.05) is 36.6 Å². The number of amides is 1. The molecule has 0 radical (unpaired) electrons. The third-order valence-corrected chi connectivity index (χ3v) is 3.87. The Hall–Kier alpha value is -2.23. The van der Waals surface area contributed by atoms with Crippen molar-refractivity contribution in [1.29, 1.82) is 0 Å². The molecule has 1 aromatic heterocycles. The van der Waals surface area contributed by atoms with E-state index in [9.17, 15) is 4.79 Å². The Morgan fingerprint density at radius 2 is 1.67 bits per heavy atom. The van der Waals surface area contributed by atoms with Crippen molar-refractivity contribution in [3.63, 3.8) is 0 Å². The van der Waals surface area contributed by atoms with Gasteiger partial charge in [-0.2, -0.15) is 0 Å². The number of anilines is 1. The summed E-state index contributed by atoms with van der Waals surface area (Å²) >= 11 is 0. The number of hydrogen-bond acceptors (Lipinski definition) is 3. The van der Waals surface area contributed by atoms with E-state index in [1.165, 1.54) is 0 Å². The molecule has 0 N–H and O–H groups in total. The molecule has 3 rings (SSSR count). The van der Waals surface area contributed by atoms with Crippen LogP contribution < -0.4 is 4.90 Å². The number of aromatic nitrogens is 2. The molecule has 21 heavy (non-hydrogen) atoms. The Balaban J connectivity index is 2.03. The van der Waals surface area contributed by atoms with Crippen molar-refractivity contribution in [1.82, 2.24) is 9.97 Å². The van der Waals surface area contributed by atoms with Crippen molar-refractivity contribution in [2.24, 2.45) is 0 Å². The first kappa shape index (κ1) is 13.7. The van der Waals surface area contributed by atoms with Crippen LogP contribution in [0, 0.1) is 20.8 Å². The summed E-state index contributed by atoms with van der Waals surface area (Å²) in [6.45, 7) is 6.89. The number of hydrogen-bond donors (Lipinski definition) is 0. The largest absolute Gasteiger partial charge is 0.312 e. The van der Waals surface area contributed by atoms with Crippen LogP contribution in [-0.4, -0.2) is 22.4 Å². The highest BCUT2D eigenvalue weighted by Gasteiger charge is 2.24. The third-order valence-electron chi connectivity index (χ3n) is 3.87. The minimum atomic E-state index is 0.223. The Kier molecular flexibility index (Phi) is 3.45. The lowest BCUT2D eigenvalue weighted by molar-refractivity contribution is -0.117. The fourth-order valence-electron chi connectivity index (χ4n) is 2.94. The maximum Gasteiger partial charge on any atom is 0.227 e. The molecule has 2 aromatic rings. The van der Waals surface area contributed by atoms with E-state index < -0.39 is 0 Å². The highest BCUT2D eigenvalue weighted by atomic mass is 16.2. The van der Waals surface area contributed by atoms with Gasteiger partial charge in [0.2, 0.25) is 5.91 Å². The average Bonchev–Trinajstić information content (AvgIpc) is 2.85. The van der Waals surface area contributed by atoms with Crippen LogP contribution >= 0.6 is 0 Å². The van der Waals surface area contributed by atoms with Crippen LogP contribution in [0.1, 0.15) is 29.5 Å². The molecule has 4 heteroatoms. The van der Waals surface area contributed by atoms with Crippen LogP contribution in [0.5, 0.6) is 0 Å². The predicted octanol–water partition coefficient (Wildman–Crippen LogP) is 3.20. The van der Waals surface area contributed by atoms with Crippen molar-refractivity contribution in [3.05, 3.63) is 41.2 Å². The lowest BCUT2D eigenvalue weighted by Gasteiger charge is -2.21. The van der Waals surface area contributed by atoms with Gasteiger partial charge < -0.3 is 4.90 Å². The SMILES string of the molecule is Cc1cnc(-c2cc(C)c(N3CCCC3=O)c(C)c2)nc1. The zero-order valence-corrected chi connectivity index (χ0v) is 12.7. The molecule has 1 aromatic carbocycles. The molecule has 4 nitrogen and oxygen atoms in total. The second-order valence-corrected chi connectivity index (χ2v) is 5.69. The van der Waals surface area contributed by atoms with Gasteiger partial charge in [0.25, 0.3) is 0 Å². The van der Waals surface area contributed by atoms with E-state index in [1.54, 1.807) is 0 Å². The van der Waals surface area contributed by atoms with Gasteiger partial charge in [-0.3, -0.25) is 4.79 Å². The van der Waals surface area contributed by atoms with E-state index in [-0.39, 0.29) is 5.91 Å². The monoisotopic (exact) mass is 281 g/mol. The summed E-state index contributed by atoms with van der Waals surface area (Å²) in [5.74, 6) is 0.951. The van der Waals surface area contributed by atoms with Gasteiger partial charge in [-0.1, -0.05) is 0 Å². The number of benzene rings is 1. The topological polar surface area (TPSA) is 46.1 Å². The fourth-order valence-corrected chi connectivity index (χ4v) is 2.94. The number of rotatable bonds is 2. The maximum absolute atomic E-state index is 12.0. The van der Waals surface area contributed by atoms with E-state index in [4.69, 9.17) is 0 Å². The zero-order valence-electron chi connectivity index (χ0n) is 12.7. The summed E-state index contributed by atoms with van der Waals surface area (Å²) < 4.78 is 0. The summed E-state index contributed by atoms with van der Waals surface area (Å²) in [5, 5.41) is 0. The average molecular weight is 281 g/mol. The van der Waals surface area contributed by atoms with Crippen molar-refractivity contribution in [3.8, 4) is 11.4 Å². The molecule has 0 atom stereocenters. The Morgan fingerprint density at radius 3 is 2.19 bits per heavy atom. The van der Waals surface area contributed by atoms with Crippen LogP contribution in [-0.2, 0) is 4.79 Å². The Labute approximate surface area is 124 Å². The van der Waals surface area contributed by atoms with Crippen molar-refractivity contribution in [2.75, 3.05) is 11.4 Å². The quantitative estimate of drug-likeness (QED) is 0.849. The Morgan fingerprint density at radius 1 is 1.05 bits per heavy atom. The molecule has 0 spiro atoms. The molecular formula is C17H19N3O. The van der Waals surface area contributed by atoms with E-state index >= 15 is 0 Å². The molecule has 1 saturated heterocycles. The minimum Gasteiger partial charge on any atom is -0.312 e. The summed E-state index contributed by atoms with van der Waals surface area (Å²) in [4.78, 5) is 22.6. The fraction of sp³-hybridized carbons (Fsp3) is 0.353. The van der Waals surface area contributed by atoms with Crippen LogP contribution in [0.15, 0.2) is 24.5 Å². The van der Waals surface area contributed by atoms with Gasteiger partial charge in [-0.15, -0.1) is 0 Å². The number of carbonyl (C=O) groups is 1. The van der Waals surface area contributed by atoms with Gasteiger partial charge in [0.15, 0.2) is 5.82 Å². The molecule has 2 heterocycles. The van der Waals surface area contributed by atoms with Crippen LogP contribution in [0.4, 0.5) is 5.69 Å². The smallest absolute Gasteiger partial charge is 0.227 e. The lowest BCUT2D eigenvalue weighted by atomic mass is 10.0. The second-order valence-electron chi connectivity index (χ2n) is 5.69.